The summed E-state index contributed by atoms with van der Waals surface area (Å²) < 4.78 is 8.74. The van der Waals surface area contributed by atoms with Crippen molar-refractivity contribution in [1.82, 2.24) is 19.9 Å². The summed E-state index contributed by atoms with van der Waals surface area (Å²) in [5, 5.41) is 3.72. The van der Waals surface area contributed by atoms with Gasteiger partial charge >= 0.3 is 0 Å². The zero-order valence-corrected chi connectivity index (χ0v) is 30.9. The SMILES string of the molecule is C1=CC(c2nc3ccccc3o2)CC=C1c1cc(-c2ccc(-c3cnc4ccccc4c3)cc2)nc(-c2ccc(-c3ccc4sc5ccccc5c4c3)cc2)n1. The van der Waals surface area contributed by atoms with E-state index in [4.69, 9.17) is 19.4 Å². The van der Waals surface area contributed by atoms with Crippen LogP contribution in [-0.4, -0.2) is 19.9 Å². The summed E-state index contributed by atoms with van der Waals surface area (Å²) in [6, 6.07) is 53.0. The predicted octanol–water partition coefficient (Wildman–Crippen LogP) is 13.3. The van der Waals surface area contributed by atoms with Gasteiger partial charge in [0, 0.05) is 48.4 Å². The Morgan fingerprint density at radius 1 is 0.536 bits per heavy atom. The molecule has 5 nitrogen and oxygen atoms in total. The summed E-state index contributed by atoms with van der Waals surface area (Å²) in [5.41, 5.74) is 12.0. The molecule has 0 aliphatic heterocycles. The molecule has 10 aromatic rings. The van der Waals surface area contributed by atoms with Crippen LogP contribution in [0.1, 0.15) is 23.9 Å². The molecule has 56 heavy (non-hydrogen) atoms. The third-order valence-electron chi connectivity index (χ3n) is 10.7. The van der Waals surface area contributed by atoms with Crippen molar-refractivity contribution in [3.63, 3.8) is 0 Å². The molecule has 4 heterocycles. The first kappa shape index (κ1) is 32.4. The van der Waals surface area contributed by atoms with Gasteiger partial charge in [0.1, 0.15) is 5.52 Å². The van der Waals surface area contributed by atoms with Gasteiger partial charge in [-0.15, -0.1) is 11.3 Å². The fraction of sp³-hybridized carbons (Fsp3) is 0.0400. The van der Waals surface area contributed by atoms with Gasteiger partial charge in [-0.2, -0.15) is 0 Å². The van der Waals surface area contributed by atoms with E-state index in [1.54, 1.807) is 0 Å². The highest BCUT2D eigenvalue weighted by Gasteiger charge is 2.20. The Kier molecular flexibility index (Phi) is 7.74. The van der Waals surface area contributed by atoms with Crippen LogP contribution >= 0.6 is 11.3 Å². The van der Waals surface area contributed by atoms with Crippen LogP contribution in [0.15, 0.2) is 181 Å². The first-order valence-corrected chi connectivity index (χ1v) is 19.6. The molecule has 0 amide bonds. The van der Waals surface area contributed by atoms with E-state index in [2.05, 4.69) is 132 Å². The standard InChI is InChI=1S/C50H32N4OS/c1-3-9-42-38(7-1)27-39(30-51-42)32-13-17-33(18-14-32)44-29-45(34-19-23-36(24-20-34)50-54-43-10-4-5-11-46(43)55-50)53-49(52-44)35-21-15-31(16-22-35)37-25-26-48-41(28-37)40-8-2-6-12-47(40)56-48/h1-23,25-30,36H,24H2. The largest absolute Gasteiger partial charge is 0.440 e. The molecule has 0 spiro atoms. The molecule has 0 radical (unpaired) electrons. The average molecular weight is 737 g/mol. The van der Waals surface area contributed by atoms with Gasteiger partial charge in [0.15, 0.2) is 11.4 Å². The smallest absolute Gasteiger partial charge is 0.202 e. The minimum atomic E-state index is 0.0582. The molecule has 6 aromatic carbocycles. The van der Waals surface area contributed by atoms with Gasteiger partial charge in [-0.05, 0) is 77.2 Å². The molecule has 0 saturated carbocycles. The van der Waals surface area contributed by atoms with E-state index < -0.39 is 0 Å². The maximum absolute atomic E-state index is 6.12. The summed E-state index contributed by atoms with van der Waals surface area (Å²) >= 11 is 1.84. The van der Waals surface area contributed by atoms with Gasteiger partial charge < -0.3 is 4.42 Å². The first-order chi connectivity index (χ1) is 27.7. The number of aromatic nitrogens is 4. The summed E-state index contributed by atoms with van der Waals surface area (Å²) in [5.74, 6) is 1.47. The molecular formula is C50H32N4OS. The Labute approximate surface area is 327 Å². The predicted molar refractivity (Wildman–Crippen MR) is 230 cm³/mol. The van der Waals surface area contributed by atoms with Crippen LogP contribution in [-0.2, 0) is 0 Å². The number of pyridine rings is 1. The van der Waals surface area contributed by atoms with Gasteiger partial charge in [-0.1, -0.05) is 121 Å². The van der Waals surface area contributed by atoms with Crippen molar-refractivity contribution in [3.05, 3.63) is 188 Å². The molecular weight excluding hydrogens is 705 g/mol. The molecule has 0 saturated heterocycles. The highest BCUT2D eigenvalue weighted by Crippen LogP contribution is 2.38. The number of thiophene rings is 1. The molecule has 1 unspecified atom stereocenters. The molecule has 0 bridgehead atoms. The summed E-state index contributed by atoms with van der Waals surface area (Å²) in [7, 11) is 0. The number of hydrogen-bond acceptors (Lipinski definition) is 6. The molecule has 264 valence electrons. The van der Waals surface area contributed by atoms with Crippen molar-refractivity contribution < 1.29 is 4.42 Å². The fourth-order valence-electron chi connectivity index (χ4n) is 7.69. The van der Waals surface area contributed by atoms with E-state index in [0.717, 1.165) is 79.1 Å². The van der Waals surface area contributed by atoms with Crippen molar-refractivity contribution in [2.75, 3.05) is 0 Å². The highest BCUT2D eigenvalue weighted by atomic mass is 32.1. The number of allylic oxidation sites excluding steroid dienone is 4. The Morgan fingerprint density at radius 3 is 2.07 bits per heavy atom. The van der Waals surface area contributed by atoms with E-state index in [0.29, 0.717) is 5.82 Å². The lowest BCUT2D eigenvalue weighted by Gasteiger charge is -2.15. The van der Waals surface area contributed by atoms with Gasteiger partial charge in [0.25, 0.3) is 0 Å². The lowest BCUT2D eigenvalue weighted by molar-refractivity contribution is 0.505. The second kappa shape index (κ2) is 13.4. The molecule has 0 fully saturated rings. The molecule has 6 heteroatoms. The fourth-order valence-corrected chi connectivity index (χ4v) is 8.78. The van der Waals surface area contributed by atoms with E-state index in [1.165, 1.54) is 25.7 Å². The van der Waals surface area contributed by atoms with Crippen LogP contribution in [0, 0.1) is 0 Å². The van der Waals surface area contributed by atoms with Crippen molar-refractivity contribution in [2.45, 2.75) is 12.3 Å². The molecule has 1 atom stereocenters. The lowest BCUT2D eigenvalue weighted by atomic mass is 9.94. The Balaban J connectivity index is 0.946. The third kappa shape index (κ3) is 5.88. The van der Waals surface area contributed by atoms with Crippen LogP contribution < -0.4 is 0 Å². The average Bonchev–Trinajstić information content (AvgIpc) is 3.88. The van der Waals surface area contributed by atoms with Crippen LogP contribution in [0.25, 0.3) is 92.6 Å². The number of oxazole rings is 1. The van der Waals surface area contributed by atoms with E-state index in [1.807, 2.05) is 60.0 Å². The maximum Gasteiger partial charge on any atom is 0.202 e. The first-order valence-electron chi connectivity index (χ1n) is 18.8. The number of para-hydroxylation sites is 3. The van der Waals surface area contributed by atoms with Gasteiger partial charge in [-0.3, -0.25) is 4.98 Å². The summed E-state index contributed by atoms with van der Waals surface area (Å²) in [4.78, 5) is 19.8. The topological polar surface area (TPSA) is 64.7 Å². The summed E-state index contributed by atoms with van der Waals surface area (Å²) in [6.07, 6.45) is 9.26. The van der Waals surface area contributed by atoms with Crippen LogP contribution in [0.2, 0.25) is 0 Å². The minimum absolute atomic E-state index is 0.0582. The van der Waals surface area contributed by atoms with E-state index in [-0.39, 0.29) is 5.92 Å². The quantitative estimate of drug-likeness (QED) is 0.170. The second-order valence-electron chi connectivity index (χ2n) is 14.2. The maximum atomic E-state index is 6.12. The number of rotatable bonds is 6. The number of fused-ring (bicyclic) bond motifs is 5. The number of benzene rings is 6. The Morgan fingerprint density at radius 2 is 1.23 bits per heavy atom. The molecule has 1 aliphatic rings. The minimum Gasteiger partial charge on any atom is -0.440 e. The molecule has 11 rings (SSSR count). The van der Waals surface area contributed by atoms with Crippen molar-refractivity contribution >= 4 is 59.1 Å². The summed E-state index contributed by atoms with van der Waals surface area (Å²) in [6.45, 7) is 0. The highest BCUT2D eigenvalue weighted by molar-refractivity contribution is 7.25. The molecule has 4 aromatic heterocycles. The van der Waals surface area contributed by atoms with Gasteiger partial charge in [0.2, 0.25) is 5.89 Å². The third-order valence-corrected chi connectivity index (χ3v) is 11.9. The Bertz CT molecular complexity index is 3140. The zero-order chi connectivity index (χ0) is 37.0. The van der Waals surface area contributed by atoms with Crippen molar-refractivity contribution in [2.24, 2.45) is 0 Å². The number of hydrogen-bond donors (Lipinski definition) is 0. The van der Waals surface area contributed by atoms with Crippen LogP contribution in [0.4, 0.5) is 0 Å². The molecule has 1 aliphatic carbocycles. The lowest BCUT2D eigenvalue weighted by Crippen LogP contribution is -2.02. The van der Waals surface area contributed by atoms with Crippen molar-refractivity contribution in [1.29, 1.82) is 0 Å². The van der Waals surface area contributed by atoms with Gasteiger partial charge in [-0.25, -0.2) is 15.0 Å². The normalized spacial score (nSPS) is 14.2. The zero-order valence-electron chi connectivity index (χ0n) is 30.1. The monoisotopic (exact) mass is 736 g/mol. The van der Waals surface area contributed by atoms with Crippen molar-refractivity contribution in [3.8, 4) is 44.9 Å². The second-order valence-corrected chi connectivity index (χ2v) is 15.3. The molecule has 0 N–H and O–H groups in total. The van der Waals surface area contributed by atoms with E-state index in [9.17, 15) is 0 Å². The Hall–Kier alpha value is -7.02. The van der Waals surface area contributed by atoms with Crippen LogP contribution in [0.3, 0.4) is 0 Å². The van der Waals surface area contributed by atoms with E-state index >= 15 is 0 Å². The number of nitrogens with zero attached hydrogens (tertiary/aromatic N) is 4. The van der Waals surface area contributed by atoms with Gasteiger partial charge in [0.05, 0.1) is 22.8 Å². The van der Waals surface area contributed by atoms with Crippen LogP contribution in [0.5, 0.6) is 0 Å².